The standard InChI is InChI=1S/C11H5ClFN5O3/c12-11-16-9-8(14-4-15-9)10(17-11)21-5-1-2-7(18(19)20)6(13)3-5/h1-4H,(H,14,15,16,17). The highest BCUT2D eigenvalue weighted by Crippen LogP contribution is 2.29. The number of H-pyrrole nitrogens is 1. The van der Waals surface area contributed by atoms with Gasteiger partial charge in [0, 0.05) is 12.1 Å². The zero-order valence-corrected chi connectivity index (χ0v) is 10.8. The third-order valence-corrected chi connectivity index (χ3v) is 2.72. The number of benzene rings is 1. The van der Waals surface area contributed by atoms with E-state index in [2.05, 4.69) is 19.9 Å². The van der Waals surface area contributed by atoms with Gasteiger partial charge in [-0.1, -0.05) is 0 Å². The number of aromatic amines is 1. The first-order valence-electron chi connectivity index (χ1n) is 5.53. The molecule has 0 saturated carbocycles. The molecule has 0 bridgehead atoms. The van der Waals surface area contributed by atoms with Crippen molar-refractivity contribution in [2.45, 2.75) is 0 Å². The molecule has 21 heavy (non-hydrogen) atoms. The molecule has 1 N–H and O–H groups in total. The first kappa shape index (κ1) is 13.2. The maximum absolute atomic E-state index is 13.5. The van der Waals surface area contributed by atoms with E-state index < -0.39 is 16.4 Å². The Hall–Kier alpha value is -2.81. The molecule has 0 saturated heterocycles. The molecule has 2 aromatic heterocycles. The molecule has 1 aromatic carbocycles. The fraction of sp³-hybridized carbons (Fsp3) is 0. The number of fused-ring (bicyclic) bond motifs is 1. The third-order valence-electron chi connectivity index (χ3n) is 2.56. The van der Waals surface area contributed by atoms with Crippen LogP contribution in [0.2, 0.25) is 5.28 Å². The molecule has 2 heterocycles. The van der Waals surface area contributed by atoms with Crippen molar-refractivity contribution in [2.24, 2.45) is 0 Å². The molecule has 0 fully saturated rings. The molecule has 3 rings (SSSR count). The smallest absolute Gasteiger partial charge is 0.305 e. The summed E-state index contributed by atoms with van der Waals surface area (Å²) < 4.78 is 18.9. The topological polar surface area (TPSA) is 107 Å². The highest BCUT2D eigenvalue weighted by molar-refractivity contribution is 6.28. The molecule has 0 spiro atoms. The number of hydrogen-bond donors (Lipinski definition) is 1. The Morgan fingerprint density at radius 3 is 2.90 bits per heavy atom. The normalized spacial score (nSPS) is 10.8. The summed E-state index contributed by atoms with van der Waals surface area (Å²) in [7, 11) is 0. The Balaban J connectivity index is 2.00. The van der Waals surface area contributed by atoms with E-state index in [4.69, 9.17) is 16.3 Å². The van der Waals surface area contributed by atoms with Crippen LogP contribution in [0.5, 0.6) is 11.6 Å². The number of aromatic nitrogens is 4. The molecule has 3 aromatic rings. The van der Waals surface area contributed by atoms with Crippen molar-refractivity contribution in [1.29, 1.82) is 0 Å². The van der Waals surface area contributed by atoms with Crippen molar-refractivity contribution in [3.05, 3.63) is 45.7 Å². The minimum Gasteiger partial charge on any atom is -0.437 e. The van der Waals surface area contributed by atoms with Gasteiger partial charge in [-0.15, -0.1) is 0 Å². The van der Waals surface area contributed by atoms with Gasteiger partial charge in [-0.3, -0.25) is 10.1 Å². The van der Waals surface area contributed by atoms with Crippen molar-refractivity contribution in [2.75, 3.05) is 0 Å². The van der Waals surface area contributed by atoms with Crippen LogP contribution in [-0.4, -0.2) is 24.9 Å². The number of rotatable bonds is 3. The second kappa shape index (κ2) is 4.94. The average molecular weight is 310 g/mol. The van der Waals surface area contributed by atoms with E-state index in [9.17, 15) is 14.5 Å². The SMILES string of the molecule is O=[N+]([O-])c1ccc(Oc2nc(Cl)nc3nc[nH]c23)cc1F. The van der Waals surface area contributed by atoms with Crippen LogP contribution in [-0.2, 0) is 0 Å². The van der Waals surface area contributed by atoms with Crippen LogP contribution < -0.4 is 4.74 Å². The van der Waals surface area contributed by atoms with Crippen LogP contribution >= 0.6 is 11.6 Å². The van der Waals surface area contributed by atoms with Crippen molar-refractivity contribution < 1.29 is 14.1 Å². The van der Waals surface area contributed by atoms with Gasteiger partial charge in [-0.05, 0) is 17.7 Å². The fourth-order valence-corrected chi connectivity index (χ4v) is 1.82. The summed E-state index contributed by atoms with van der Waals surface area (Å²) in [6.07, 6.45) is 1.37. The number of ether oxygens (including phenoxy) is 1. The molecule has 10 heteroatoms. The van der Waals surface area contributed by atoms with E-state index in [1.807, 2.05) is 0 Å². The van der Waals surface area contributed by atoms with Crippen LogP contribution in [0, 0.1) is 15.9 Å². The molecule has 0 aliphatic carbocycles. The lowest BCUT2D eigenvalue weighted by atomic mass is 10.3. The van der Waals surface area contributed by atoms with Gasteiger partial charge >= 0.3 is 5.69 Å². The second-order valence-corrected chi connectivity index (χ2v) is 4.21. The van der Waals surface area contributed by atoms with Gasteiger partial charge in [0.05, 0.1) is 11.3 Å². The summed E-state index contributed by atoms with van der Waals surface area (Å²) in [5, 5.41) is 10.5. The number of hydrogen-bond acceptors (Lipinski definition) is 6. The Labute approximate surface area is 120 Å². The van der Waals surface area contributed by atoms with Crippen molar-refractivity contribution in [3.63, 3.8) is 0 Å². The fourth-order valence-electron chi connectivity index (χ4n) is 1.67. The Kier molecular flexibility index (Phi) is 3.10. The van der Waals surface area contributed by atoms with Gasteiger partial charge < -0.3 is 9.72 Å². The van der Waals surface area contributed by atoms with E-state index in [0.29, 0.717) is 5.52 Å². The molecular formula is C11H5ClFN5O3. The minimum absolute atomic E-state index is 0.0313. The zero-order chi connectivity index (χ0) is 15.0. The molecule has 0 unspecified atom stereocenters. The van der Waals surface area contributed by atoms with Crippen LogP contribution in [0.4, 0.5) is 10.1 Å². The number of nitro groups is 1. The summed E-state index contributed by atoms with van der Waals surface area (Å²) in [6.45, 7) is 0. The molecular weight excluding hydrogens is 305 g/mol. The van der Waals surface area contributed by atoms with Crippen molar-refractivity contribution >= 4 is 28.5 Å². The van der Waals surface area contributed by atoms with E-state index in [0.717, 1.165) is 12.1 Å². The van der Waals surface area contributed by atoms with E-state index in [1.165, 1.54) is 12.4 Å². The van der Waals surface area contributed by atoms with Crippen molar-refractivity contribution in [1.82, 2.24) is 19.9 Å². The molecule has 0 radical (unpaired) electrons. The summed E-state index contributed by atoms with van der Waals surface area (Å²) in [5.41, 5.74) is 0.0142. The summed E-state index contributed by atoms with van der Waals surface area (Å²) in [5.74, 6) is -0.946. The summed E-state index contributed by atoms with van der Waals surface area (Å²) >= 11 is 5.73. The minimum atomic E-state index is -1.02. The molecule has 0 amide bonds. The largest absolute Gasteiger partial charge is 0.437 e. The Bertz CT molecular complexity index is 853. The van der Waals surface area contributed by atoms with Crippen LogP contribution in [0.1, 0.15) is 0 Å². The first-order chi connectivity index (χ1) is 10.0. The monoisotopic (exact) mass is 309 g/mol. The maximum Gasteiger partial charge on any atom is 0.305 e. The van der Waals surface area contributed by atoms with Gasteiger partial charge in [-0.25, -0.2) is 4.98 Å². The van der Waals surface area contributed by atoms with E-state index >= 15 is 0 Å². The van der Waals surface area contributed by atoms with Crippen LogP contribution in [0.25, 0.3) is 11.2 Å². The number of nitro benzene ring substituents is 1. The highest BCUT2D eigenvalue weighted by Gasteiger charge is 2.16. The molecule has 106 valence electrons. The van der Waals surface area contributed by atoms with Crippen LogP contribution in [0.3, 0.4) is 0 Å². The lowest BCUT2D eigenvalue weighted by Gasteiger charge is -2.05. The highest BCUT2D eigenvalue weighted by atomic mass is 35.5. The van der Waals surface area contributed by atoms with E-state index in [-0.39, 0.29) is 22.6 Å². The maximum atomic E-state index is 13.5. The first-order valence-corrected chi connectivity index (χ1v) is 5.91. The molecule has 0 aliphatic heterocycles. The Morgan fingerprint density at radius 1 is 1.38 bits per heavy atom. The Morgan fingerprint density at radius 2 is 2.19 bits per heavy atom. The quantitative estimate of drug-likeness (QED) is 0.453. The molecule has 0 atom stereocenters. The lowest BCUT2D eigenvalue weighted by Crippen LogP contribution is -1.95. The average Bonchev–Trinajstić information content (AvgIpc) is 2.86. The van der Waals surface area contributed by atoms with Gasteiger partial charge in [0.25, 0.3) is 0 Å². The lowest BCUT2D eigenvalue weighted by molar-refractivity contribution is -0.387. The molecule has 8 nitrogen and oxygen atoms in total. The predicted octanol–water partition coefficient (Wildman–Crippen LogP) is 2.85. The number of halogens is 2. The number of nitrogens with zero attached hydrogens (tertiary/aromatic N) is 4. The van der Waals surface area contributed by atoms with Gasteiger partial charge in [0.1, 0.15) is 11.3 Å². The second-order valence-electron chi connectivity index (χ2n) is 3.87. The summed E-state index contributed by atoms with van der Waals surface area (Å²) in [4.78, 5) is 24.1. The predicted molar refractivity (Wildman–Crippen MR) is 69.8 cm³/mol. The van der Waals surface area contributed by atoms with Gasteiger partial charge in [-0.2, -0.15) is 14.4 Å². The van der Waals surface area contributed by atoms with E-state index in [1.54, 1.807) is 0 Å². The third kappa shape index (κ3) is 2.46. The number of nitrogens with one attached hydrogen (secondary N) is 1. The summed E-state index contributed by atoms with van der Waals surface area (Å²) in [6, 6.07) is 3.13. The van der Waals surface area contributed by atoms with Crippen molar-refractivity contribution in [3.8, 4) is 11.6 Å². The number of imidazole rings is 1. The van der Waals surface area contributed by atoms with Gasteiger partial charge in [0.2, 0.25) is 17.0 Å². The molecule has 0 aliphatic rings. The van der Waals surface area contributed by atoms with Gasteiger partial charge in [0.15, 0.2) is 5.65 Å². The van der Waals surface area contributed by atoms with Crippen LogP contribution in [0.15, 0.2) is 24.5 Å². The zero-order valence-electron chi connectivity index (χ0n) is 10.1.